The summed E-state index contributed by atoms with van der Waals surface area (Å²) in [6.45, 7) is 12.6. The molecule has 0 aliphatic carbocycles. The van der Waals surface area contributed by atoms with Gasteiger partial charge in [-0.1, -0.05) is 92.4 Å². The van der Waals surface area contributed by atoms with Crippen LogP contribution in [0.1, 0.15) is 119 Å². The maximum atomic E-state index is 12.3. The maximum absolute atomic E-state index is 12.3. The molecule has 0 saturated heterocycles. The van der Waals surface area contributed by atoms with Crippen molar-refractivity contribution in [2.24, 2.45) is 11.8 Å². The SMILES string of the molecule is CCCCCCCCCC(C)C(CC)(CC(C)CCC)OS(=O)(=O)OCC.S. The summed E-state index contributed by atoms with van der Waals surface area (Å²) in [5.41, 5.74) is -0.662. The summed E-state index contributed by atoms with van der Waals surface area (Å²) in [4.78, 5) is 0. The van der Waals surface area contributed by atoms with E-state index in [4.69, 9.17) is 8.37 Å². The van der Waals surface area contributed by atoms with E-state index in [1.807, 2.05) is 6.92 Å². The van der Waals surface area contributed by atoms with Crippen LogP contribution >= 0.6 is 13.5 Å². The molecule has 0 fully saturated rings. The van der Waals surface area contributed by atoms with Crippen LogP contribution in [0.2, 0.25) is 0 Å². The molecule has 0 aromatic rings. The molecule has 0 aromatic heterocycles. The van der Waals surface area contributed by atoms with Gasteiger partial charge in [0.25, 0.3) is 0 Å². The van der Waals surface area contributed by atoms with Gasteiger partial charge in [0, 0.05) is 0 Å². The molecule has 0 aromatic carbocycles. The number of unbranched alkanes of at least 4 members (excludes halogenated alkanes) is 6. The van der Waals surface area contributed by atoms with Crippen molar-refractivity contribution in [2.75, 3.05) is 6.61 Å². The standard InChI is InChI=1S/C22H46O4S.H2S/c1-7-11-12-13-14-15-16-18-21(6)22(9-3,19-20(5)17-8-2)26-27(23,24)25-10-4;/h20-21H,7-19H2,1-6H3;1H2. The van der Waals surface area contributed by atoms with Crippen molar-refractivity contribution >= 4 is 23.9 Å². The summed E-state index contributed by atoms with van der Waals surface area (Å²) in [7, 11) is -3.95. The summed E-state index contributed by atoms with van der Waals surface area (Å²) in [6.07, 6.45) is 13.5. The Bertz CT molecular complexity index is 453. The first-order valence-corrected chi connectivity index (χ1v) is 12.7. The quantitative estimate of drug-likeness (QED) is 0.212. The van der Waals surface area contributed by atoms with E-state index in [0.717, 1.165) is 32.1 Å². The summed E-state index contributed by atoms with van der Waals surface area (Å²) in [5, 5.41) is 0. The van der Waals surface area contributed by atoms with Crippen LogP contribution in [0.5, 0.6) is 0 Å². The number of hydrogen-bond donors (Lipinski definition) is 0. The van der Waals surface area contributed by atoms with Crippen molar-refractivity contribution in [1.82, 2.24) is 0 Å². The average Bonchev–Trinajstić information content (AvgIpc) is 2.59. The minimum atomic E-state index is -3.95. The molecule has 0 amide bonds. The van der Waals surface area contributed by atoms with Gasteiger partial charge in [0.1, 0.15) is 0 Å². The maximum Gasteiger partial charge on any atom is 0.400 e. The van der Waals surface area contributed by atoms with Crippen LogP contribution in [0.25, 0.3) is 0 Å². The highest BCUT2D eigenvalue weighted by Gasteiger charge is 2.41. The zero-order chi connectivity index (χ0) is 20.8. The van der Waals surface area contributed by atoms with E-state index in [0.29, 0.717) is 12.3 Å². The lowest BCUT2D eigenvalue weighted by molar-refractivity contribution is -0.0213. The molecule has 3 atom stereocenters. The molecule has 0 radical (unpaired) electrons. The molecule has 6 heteroatoms. The Morgan fingerprint density at radius 3 is 1.89 bits per heavy atom. The topological polar surface area (TPSA) is 52.6 Å². The monoisotopic (exact) mass is 440 g/mol. The molecule has 0 heterocycles. The van der Waals surface area contributed by atoms with Crippen molar-refractivity contribution in [3.05, 3.63) is 0 Å². The molecule has 172 valence electrons. The summed E-state index contributed by atoms with van der Waals surface area (Å²) >= 11 is 0. The molecule has 3 unspecified atom stereocenters. The molecule has 0 rings (SSSR count). The normalized spacial score (nSPS) is 16.2. The van der Waals surface area contributed by atoms with Crippen molar-refractivity contribution in [1.29, 1.82) is 0 Å². The van der Waals surface area contributed by atoms with Gasteiger partial charge < -0.3 is 0 Å². The van der Waals surface area contributed by atoms with Crippen LogP contribution in [-0.2, 0) is 18.8 Å². The first-order chi connectivity index (χ1) is 12.8. The minimum Gasteiger partial charge on any atom is -0.248 e. The molecule has 0 bridgehead atoms. The van der Waals surface area contributed by atoms with E-state index in [1.54, 1.807) is 6.92 Å². The third-order valence-electron chi connectivity index (χ3n) is 5.74. The Hall–Kier alpha value is 0.220. The van der Waals surface area contributed by atoms with Gasteiger partial charge in [-0.25, -0.2) is 8.37 Å². The zero-order valence-electron chi connectivity index (χ0n) is 19.4. The van der Waals surface area contributed by atoms with Crippen LogP contribution in [0, 0.1) is 11.8 Å². The van der Waals surface area contributed by atoms with Gasteiger partial charge in [0.2, 0.25) is 0 Å². The van der Waals surface area contributed by atoms with E-state index in [1.165, 1.54) is 38.5 Å². The van der Waals surface area contributed by atoms with Crippen molar-refractivity contribution in [3.8, 4) is 0 Å². The van der Waals surface area contributed by atoms with E-state index < -0.39 is 16.0 Å². The van der Waals surface area contributed by atoms with Gasteiger partial charge in [-0.2, -0.15) is 21.9 Å². The predicted octanol–water partition coefficient (Wildman–Crippen LogP) is 7.15. The van der Waals surface area contributed by atoms with Crippen LogP contribution < -0.4 is 0 Å². The van der Waals surface area contributed by atoms with Crippen LogP contribution in [0.15, 0.2) is 0 Å². The van der Waals surface area contributed by atoms with Gasteiger partial charge in [0.15, 0.2) is 0 Å². The number of hydrogen-bond acceptors (Lipinski definition) is 4. The second-order valence-electron chi connectivity index (χ2n) is 8.23. The largest absolute Gasteiger partial charge is 0.400 e. The third-order valence-corrected chi connectivity index (χ3v) is 6.80. The Kier molecular flexibility index (Phi) is 18.4. The molecule has 0 spiro atoms. The lowest BCUT2D eigenvalue weighted by Gasteiger charge is -2.39. The smallest absolute Gasteiger partial charge is 0.248 e. The van der Waals surface area contributed by atoms with Crippen molar-refractivity contribution in [3.63, 3.8) is 0 Å². The molecular formula is C22H48O4S2. The minimum absolute atomic E-state index is 0. The van der Waals surface area contributed by atoms with Gasteiger partial charge in [-0.15, -0.1) is 0 Å². The van der Waals surface area contributed by atoms with E-state index >= 15 is 0 Å². The molecule has 0 saturated carbocycles. The van der Waals surface area contributed by atoms with Gasteiger partial charge in [-0.05, 0) is 38.0 Å². The fraction of sp³-hybridized carbons (Fsp3) is 1.00. The Labute approximate surface area is 183 Å². The Balaban J connectivity index is 0. The second kappa shape index (κ2) is 17.0. The second-order valence-corrected chi connectivity index (χ2v) is 9.44. The highest BCUT2D eigenvalue weighted by Crippen LogP contribution is 2.38. The Morgan fingerprint density at radius 2 is 1.39 bits per heavy atom. The molecule has 0 aliphatic rings. The predicted molar refractivity (Wildman–Crippen MR) is 125 cm³/mol. The van der Waals surface area contributed by atoms with Crippen molar-refractivity contribution in [2.45, 2.75) is 124 Å². The van der Waals surface area contributed by atoms with Crippen LogP contribution in [0.4, 0.5) is 0 Å². The summed E-state index contributed by atoms with van der Waals surface area (Å²) < 4.78 is 35.2. The third kappa shape index (κ3) is 12.7. The van der Waals surface area contributed by atoms with E-state index in [9.17, 15) is 8.42 Å². The lowest BCUT2D eigenvalue weighted by Crippen LogP contribution is -2.43. The van der Waals surface area contributed by atoms with E-state index in [-0.39, 0.29) is 26.0 Å². The summed E-state index contributed by atoms with van der Waals surface area (Å²) in [6, 6.07) is 0. The average molecular weight is 441 g/mol. The first kappa shape index (κ1) is 30.4. The highest BCUT2D eigenvalue weighted by atomic mass is 32.3. The van der Waals surface area contributed by atoms with Crippen LogP contribution in [-0.4, -0.2) is 20.6 Å². The van der Waals surface area contributed by atoms with Gasteiger partial charge in [0.05, 0.1) is 12.2 Å². The highest BCUT2D eigenvalue weighted by molar-refractivity contribution is 7.81. The van der Waals surface area contributed by atoms with Crippen molar-refractivity contribution < 1.29 is 16.8 Å². The van der Waals surface area contributed by atoms with Gasteiger partial charge in [-0.3, -0.25) is 0 Å². The molecule has 4 nitrogen and oxygen atoms in total. The molecule has 0 N–H and O–H groups in total. The Morgan fingerprint density at radius 1 is 0.821 bits per heavy atom. The van der Waals surface area contributed by atoms with E-state index in [2.05, 4.69) is 27.7 Å². The fourth-order valence-corrected chi connectivity index (χ4v) is 5.19. The van der Waals surface area contributed by atoms with Gasteiger partial charge >= 0.3 is 10.4 Å². The summed E-state index contributed by atoms with van der Waals surface area (Å²) in [5.74, 6) is 0.621. The molecular weight excluding hydrogens is 392 g/mol. The number of rotatable bonds is 18. The van der Waals surface area contributed by atoms with Crippen LogP contribution in [0.3, 0.4) is 0 Å². The first-order valence-electron chi connectivity index (χ1n) is 11.4. The molecule has 28 heavy (non-hydrogen) atoms. The zero-order valence-corrected chi connectivity index (χ0v) is 21.2. The lowest BCUT2D eigenvalue weighted by atomic mass is 9.76. The molecule has 0 aliphatic heterocycles. The fourth-order valence-electron chi connectivity index (χ4n) is 4.10.